The molecule has 0 radical (unpaired) electrons. The number of nitriles is 2. The Kier molecular flexibility index (Phi) is 5.28. The number of aromatic amines is 1. The second-order valence-electron chi connectivity index (χ2n) is 6.92. The molecule has 0 saturated heterocycles. The van der Waals surface area contributed by atoms with E-state index in [9.17, 15) is 10.5 Å². The summed E-state index contributed by atoms with van der Waals surface area (Å²) < 4.78 is 7.10. The third-order valence-corrected chi connectivity index (χ3v) is 6.50. The first-order chi connectivity index (χ1) is 14.9. The number of rotatable bonds is 4. The Morgan fingerprint density at radius 2 is 2.03 bits per heavy atom. The lowest BCUT2D eigenvalue weighted by Crippen LogP contribution is -1.98. The maximum atomic E-state index is 9.82. The number of thiophene rings is 1. The minimum Gasteiger partial charge on any atom is -0.481 e. The largest absolute Gasteiger partial charge is 0.481 e. The molecule has 7 nitrogen and oxygen atoms in total. The molecule has 4 heterocycles. The minimum atomic E-state index is 0.334. The molecule has 4 aromatic rings. The van der Waals surface area contributed by atoms with Crippen molar-refractivity contribution in [3.8, 4) is 23.0 Å². The van der Waals surface area contributed by atoms with Crippen molar-refractivity contribution < 1.29 is 4.74 Å². The van der Waals surface area contributed by atoms with Crippen molar-refractivity contribution in [2.24, 2.45) is 0 Å². The van der Waals surface area contributed by atoms with Gasteiger partial charge in [-0.2, -0.15) is 10.5 Å². The van der Waals surface area contributed by atoms with Crippen molar-refractivity contribution in [1.82, 2.24) is 19.5 Å². The topological polar surface area (TPSA) is 103 Å². The number of methoxy groups -OCH3 is 1. The molecule has 0 spiro atoms. The number of aromatic nitrogens is 4. The highest BCUT2D eigenvalue weighted by molar-refractivity contribution is 7.14. The fourth-order valence-corrected chi connectivity index (χ4v) is 4.81. The monoisotopic (exact) mass is 448 g/mol. The molecule has 0 aliphatic heterocycles. The van der Waals surface area contributed by atoms with E-state index in [4.69, 9.17) is 16.3 Å². The van der Waals surface area contributed by atoms with Crippen molar-refractivity contribution in [1.29, 1.82) is 10.5 Å². The van der Waals surface area contributed by atoms with Gasteiger partial charge in [-0.05, 0) is 32.9 Å². The highest BCUT2D eigenvalue weighted by Gasteiger charge is 2.21. The third-order valence-electron chi connectivity index (χ3n) is 4.99. The molecule has 154 valence electrons. The van der Waals surface area contributed by atoms with E-state index < -0.39 is 0 Å². The fourth-order valence-electron chi connectivity index (χ4n) is 3.47. The molecule has 0 aliphatic rings. The molecule has 0 aliphatic carbocycles. The molecule has 4 rings (SSSR count). The van der Waals surface area contributed by atoms with E-state index in [1.807, 2.05) is 31.4 Å². The predicted octanol–water partition coefficient (Wildman–Crippen LogP) is 5.33. The number of pyridine rings is 1. The van der Waals surface area contributed by atoms with Crippen LogP contribution in [0.15, 0.2) is 18.3 Å². The number of hydrogen-bond acceptors (Lipinski definition) is 6. The molecule has 0 bridgehead atoms. The summed E-state index contributed by atoms with van der Waals surface area (Å²) in [6.45, 7) is 5.78. The zero-order valence-electron chi connectivity index (χ0n) is 17.2. The lowest BCUT2D eigenvalue weighted by atomic mass is 10.1. The van der Waals surface area contributed by atoms with Gasteiger partial charge < -0.3 is 14.3 Å². The highest BCUT2D eigenvalue weighted by Crippen LogP contribution is 2.36. The summed E-state index contributed by atoms with van der Waals surface area (Å²) in [6.07, 6.45) is 3.33. The van der Waals surface area contributed by atoms with Gasteiger partial charge in [0.05, 0.1) is 40.5 Å². The molecule has 0 amide bonds. The molecular weight excluding hydrogens is 432 g/mol. The zero-order valence-corrected chi connectivity index (χ0v) is 18.8. The second-order valence-corrected chi connectivity index (χ2v) is 8.53. The van der Waals surface area contributed by atoms with Crippen LogP contribution in [0.2, 0.25) is 5.02 Å². The van der Waals surface area contributed by atoms with E-state index in [0.717, 1.165) is 21.3 Å². The maximum Gasteiger partial charge on any atom is 0.215 e. The highest BCUT2D eigenvalue weighted by atomic mass is 35.5. The SMILES string of the molecule is COc1cc2nc(C(C#N)=Cc3c(Cl)c(C)n(-c4sc(C)cc4C#N)c3C)[nH]c2cn1. The van der Waals surface area contributed by atoms with Crippen LogP contribution in [0, 0.1) is 43.4 Å². The number of nitrogens with one attached hydrogen (secondary N) is 1. The Labute approximate surface area is 187 Å². The van der Waals surface area contributed by atoms with Crippen LogP contribution in [0.5, 0.6) is 5.88 Å². The van der Waals surface area contributed by atoms with Crippen LogP contribution in [0.25, 0.3) is 27.7 Å². The van der Waals surface area contributed by atoms with Crippen LogP contribution in [0.4, 0.5) is 0 Å². The zero-order chi connectivity index (χ0) is 22.3. The van der Waals surface area contributed by atoms with Gasteiger partial charge >= 0.3 is 0 Å². The van der Waals surface area contributed by atoms with E-state index in [2.05, 4.69) is 27.1 Å². The first-order valence-corrected chi connectivity index (χ1v) is 10.5. The van der Waals surface area contributed by atoms with E-state index in [-0.39, 0.29) is 0 Å². The van der Waals surface area contributed by atoms with Gasteiger partial charge in [0.1, 0.15) is 23.0 Å². The van der Waals surface area contributed by atoms with Crippen LogP contribution in [-0.2, 0) is 0 Å². The molecule has 1 N–H and O–H groups in total. The van der Waals surface area contributed by atoms with Crippen LogP contribution in [-0.4, -0.2) is 26.6 Å². The molecule has 0 fully saturated rings. The average molecular weight is 449 g/mol. The summed E-state index contributed by atoms with van der Waals surface area (Å²) in [5, 5.41) is 20.7. The second kappa shape index (κ2) is 7.92. The van der Waals surface area contributed by atoms with Gasteiger partial charge in [0, 0.05) is 27.9 Å². The van der Waals surface area contributed by atoms with Crippen LogP contribution < -0.4 is 4.74 Å². The number of imidazole rings is 1. The molecule has 0 saturated carbocycles. The molecule has 4 aromatic heterocycles. The van der Waals surface area contributed by atoms with Crippen molar-refractivity contribution >= 4 is 45.6 Å². The smallest absolute Gasteiger partial charge is 0.215 e. The molecular formula is C22H17ClN6OS. The van der Waals surface area contributed by atoms with Crippen LogP contribution >= 0.6 is 22.9 Å². The van der Waals surface area contributed by atoms with Crippen LogP contribution in [0.3, 0.4) is 0 Å². The first-order valence-electron chi connectivity index (χ1n) is 9.28. The predicted molar refractivity (Wildman–Crippen MR) is 122 cm³/mol. The number of H-pyrrole nitrogens is 1. The lowest BCUT2D eigenvalue weighted by Gasteiger charge is -2.07. The molecule has 31 heavy (non-hydrogen) atoms. The Hall–Kier alpha value is -3.59. The number of nitrogens with zero attached hydrogens (tertiary/aromatic N) is 5. The summed E-state index contributed by atoms with van der Waals surface area (Å²) in [4.78, 5) is 12.8. The summed E-state index contributed by atoms with van der Waals surface area (Å²) >= 11 is 8.20. The normalized spacial score (nSPS) is 11.5. The van der Waals surface area contributed by atoms with Gasteiger partial charge in [0.15, 0.2) is 0 Å². The van der Waals surface area contributed by atoms with E-state index in [0.29, 0.717) is 44.5 Å². The first kappa shape index (κ1) is 20.7. The number of fused-ring (bicyclic) bond motifs is 1. The van der Waals surface area contributed by atoms with Gasteiger partial charge in [-0.25, -0.2) is 9.97 Å². The molecule has 0 atom stereocenters. The third kappa shape index (κ3) is 3.46. The minimum absolute atomic E-state index is 0.334. The molecule has 0 unspecified atom stereocenters. The van der Waals surface area contributed by atoms with Gasteiger partial charge in [-0.15, -0.1) is 11.3 Å². The van der Waals surface area contributed by atoms with Gasteiger partial charge in [-0.3, -0.25) is 0 Å². The van der Waals surface area contributed by atoms with Crippen molar-refractivity contribution in [3.63, 3.8) is 0 Å². The van der Waals surface area contributed by atoms with E-state index in [1.54, 1.807) is 18.3 Å². The van der Waals surface area contributed by atoms with Gasteiger partial charge in [0.25, 0.3) is 0 Å². The number of ether oxygens (including phenoxy) is 1. The maximum absolute atomic E-state index is 9.82. The molecule has 9 heteroatoms. The van der Waals surface area contributed by atoms with Crippen molar-refractivity contribution in [2.45, 2.75) is 20.8 Å². The Bertz CT molecular complexity index is 1440. The molecule has 0 aromatic carbocycles. The van der Waals surface area contributed by atoms with Gasteiger partial charge in [-0.1, -0.05) is 11.6 Å². The van der Waals surface area contributed by atoms with Gasteiger partial charge in [0.2, 0.25) is 5.88 Å². The standard InChI is InChI=1S/C22H17ClN6OS/c1-11-5-15(9-25)22(31-11)29-12(2)16(20(23)13(29)3)6-14(8-24)21-27-17-7-19(30-4)26-10-18(17)28-21/h5-7,10H,1-4H3,(H,27,28). The van der Waals surface area contributed by atoms with E-state index in [1.165, 1.54) is 18.4 Å². The number of allylic oxidation sites excluding steroid dienone is 1. The number of hydrogen-bond donors (Lipinski definition) is 1. The van der Waals surface area contributed by atoms with Crippen LogP contribution in [0.1, 0.15) is 33.2 Å². The Morgan fingerprint density at radius 3 is 2.71 bits per heavy atom. The quantitative estimate of drug-likeness (QED) is 0.425. The summed E-state index contributed by atoms with van der Waals surface area (Å²) in [7, 11) is 1.53. The number of aryl methyl sites for hydroxylation is 1. The Balaban J connectivity index is 1.86. The fraction of sp³-hybridized carbons (Fsp3) is 0.182. The summed E-state index contributed by atoms with van der Waals surface area (Å²) in [6, 6.07) is 8.01. The Morgan fingerprint density at radius 1 is 1.26 bits per heavy atom. The summed E-state index contributed by atoms with van der Waals surface area (Å²) in [5.41, 5.74) is 4.62. The lowest BCUT2D eigenvalue weighted by molar-refractivity contribution is 0.398. The average Bonchev–Trinajstić information content (AvgIpc) is 3.41. The van der Waals surface area contributed by atoms with Crippen molar-refractivity contribution in [3.05, 3.63) is 56.6 Å². The van der Waals surface area contributed by atoms with Crippen molar-refractivity contribution in [2.75, 3.05) is 7.11 Å². The summed E-state index contributed by atoms with van der Waals surface area (Å²) in [5.74, 6) is 0.859. The van der Waals surface area contributed by atoms with E-state index >= 15 is 0 Å². The number of halogens is 1.